The molecular weight excluding hydrogens is 276 g/mol. The number of nitrogens with zero attached hydrogens (tertiary/aromatic N) is 5. The van der Waals surface area contributed by atoms with E-state index >= 15 is 0 Å². The maximum atomic E-state index is 10.2. The molecule has 116 valence electrons. The van der Waals surface area contributed by atoms with E-state index in [0.29, 0.717) is 36.6 Å². The van der Waals surface area contributed by atoms with Gasteiger partial charge in [-0.25, -0.2) is 15.0 Å². The first-order valence-corrected chi connectivity index (χ1v) is 6.69. The van der Waals surface area contributed by atoms with Gasteiger partial charge in [-0.05, 0) is 0 Å². The topological polar surface area (TPSA) is 134 Å². The lowest BCUT2D eigenvalue weighted by Gasteiger charge is -2.23. The van der Waals surface area contributed by atoms with Gasteiger partial charge in [0.15, 0.2) is 11.5 Å². The third-order valence-electron chi connectivity index (χ3n) is 3.15. The number of imidazole rings is 1. The number of fused-ring (bicyclic) bond motifs is 1. The Kier molecular flexibility index (Phi) is 5.39. The highest BCUT2D eigenvalue weighted by Crippen LogP contribution is 2.15. The monoisotopic (exact) mass is 296 g/mol. The maximum absolute atomic E-state index is 10.2. The molecule has 0 aliphatic carbocycles. The molecule has 1 atom stereocenters. The molecule has 0 aromatic carbocycles. The van der Waals surface area contributed by atoms with Crippen LogP contribution in [0.15, 0.2) is 12.7 Å². The summed E-state index contributed by atoms with van der Waals surface area (Å²) in [5.41, 5.74) is 6.88. The molecule has 0 radical (unpaired) electrons. The van der Waals surface area contributed by atoms with E-state index in [1.54, 1.807) is 15.8 Å². The SMILES string of the molecule is Nc1ncnc2ncn(C[C@H](O)CN(CCO)CCO)c12. The minimum Gasteiger partial charge on any atom is -0.395 e. The molecule has 0 spiro atoms. The Bertz CT molecular complexity index is 569. The van der Waals surface area contributed by atoms with Crippen LogP contribution < -0.4 is 5.73 Å². The molecule has 0 aliphatic rings. The molecule has 2 heterocycles. The zero-order valence-corrected chi connectivity index (χ0v) is 11.6. The van der Waals surface area contributed by atoms with Gasteiger partial charge in [0.2, 0.25) is 0 Å². The molecule has 0 saturated carbocycles. The Hall–Kier alpha value is -1.81. The van der Waals surface area contributed by atoms with Gasteiger partial charge in [-0.15, -0.1) is 0 Å². The van der Waals surface area contributed by atoms with Gasteiger partial charge in [0.25, 0.3) is 0 Å². The summed E-state index contributed by atoms with van der Waals surface area (Å²) in [6, 6.07) is 0. The van der Waals surface area contributed by atoms with Crippen LogP contribution in [0.1, 0.15) is 0 Å². The zero-order valence-electron chi connectivity index (χ0n) is 11.6. The molecule has 0 fully saturated rings. The number of aliphatic hydroxyl groups excluding tert-OH is 3. The van der Waals surface area contributed by atoms with Gasteiger partial charge in [-0.1, -0.05) is 0 Å². The minimum absolute atomic E-state index is 0.0263. The Morgan fingerprint density at radius 2 is 1.90 bits per heavy atom. The summed E-state index contributed by atoms with van der Waals surface area (Å²) in [5.74, 6) is 0.312. The number of rotatable bonds is 8. The number of aliphatic hydroxyl groups is 3. The van der Waals surface area contributed by atoms with Crippen LogP contribution in [0, 0.1) is 0 Å². The van der Waals surface area contributed by atoms with Crippen LogP contribution in [0.3, 0.4) is 0 Å². The summed E-state index contributed by atoms with van der Waals surface area (Å²) >= 11 is 0. The van der Waals surface area contributed by atoms with E-state index in [0.717, 1.165) is 0 Å². The molecule has 2 aromatic heterocycles. The molecule has 0 saturated heterocycles. The van der Waals surface area contributed by atoms with Crippen molar-refractivity contribution >= 4 is 17.0 Å². The second kappa shape index (κ2) is 7.27. The fourth-order valence-corrected chi connectivity index (χ4v) is 2.23. The van der Waals surface area contributed by atoms with Crippen LogP contribution in [0.5, 0.6) is 0 Å². The first-order chi connectivity index (χ1) is 10.2. The molecule has 5 N–H and O–H groups in total. The number of aromatic nitrogens is 4. The van der Waals surface area contributed by atoms with Crippen LogP contribution in [0.4, 0.5) is 5.82 Å². The molecule has 2 rings (SSSR count). The zero-order chi connectivity index (χ0) is 15.2. The number of anilines is 1. The molecule has 2 aromatic rings. The standard InChI is InChI=1S/C12H20N6O3/c13-11-10-12(15-7-14-11)16-8-18(10)6-9(21)5-17(1-3-19)2-4-20/h7-9,19-21H,1-6H2,(H2,13,14,15)/t9-/m1/s1. The van der Waals surface area contributed by atoms with E-state index in [9.17, 15) is 5.11 Å². The van der Waals surface area contributed by atoms with Crippen LogP contribution >= 0.6 is 0 Å². The molecule has 9 nitrogen and oxygen atoms in total. The quantitative estimate of drug-likeness (QED) is 0.442. The predicted octanol–water partition coefficient (Wildman–Crippen LogP) is -1.94. The molecule has 21 heavy (non-hydrogen) atoms. The lowest BCUT2D eigenvalue weighted by atomic mass is 10.3. The Morgan fingerprint density at radius 3 is 2.57 bits per heavy atom. The first-order valence-electron chi connectivity index (χ1n) is 6.69. The molecule has 0 amide bonds. The summed E-state index contributed by atoms with van der Waals surface area (Å²) in [6.07, 6.45) is 2.21. The van der Waals surface area contributed by atoms with Gasteiger partial charge in [0, 0.05) is 19.6 Å². The van der Waals surface area contributed by atoms with E-state index in [1.165, 1.54) is 6.33 Å². The molecule has 0 bridgehead atoms. The lowest BCUT2D eigenvalue weighted by Crippen LogP contribution is -2.38. The molecule has 9 heteroatoms. The first kappa shape index (κ1) is 15.6. The van der Waals surface area contributed by atoms with Gasteiger partial charge in [0.05, 0.1) is 32.2 Å². The third kappa shape index (κ3) is 3.85. The van der Waals surface area contributed by atoms with Gasteiger partial charge in [0.1, 0.15) is 11.8 Å². The Labute approximate surface area is 121 Å². The second-order valence-electron chi connectivity index (χ2n) is 4.73. The van der Waals surface area contributed by atoms with Gasteiger partial charge in [-0.3, -0.25) is 4.90 Å². The highest BCUT2D eigenvalue weighted by atomic mass is 16.3. The van der Waals surface area contributed by atoms with Crippen molar-refractivity contribution in [2.45, 2.75) is 12.6 Å². The highest BCUT2D eigenvalue weighted by molar-refractivity contribution is 5.81. The van der Waals surface area contributed by atoms with Crippen LogP contribution in [-0.4, -0.2) is 78.7 Å². The van der Waals surface area contributed by atoms with Crippen LogP contribution in [0.2, 0.25) is 0 Å². The average molecular weight is 296 g/mol. The minimum atomic E-state index is -0.694. The largest absolute Gasteiger partial charge is 0.395 e. The number of nitrogens with two attached hydrogens (primary N) is 1. The molecule has 0 unspecified atom stereocenters. The fraction of sp³-hybridized carbons (Fsp3) is 0.583. The predicted molar refractivity (Wildman–Crippen MR) is 76.4 cm³/mol. The Balaban J connectivity index is 2.05. The van der Waals surface area contributed by atoms with E-state index in [4.69, 9.17) is 15.9 Å². The summed E-state index contributed by atoms with van der Waals surface area (Å²) in [5, 5.41) is 28.1. The van der Waals surface area contributed by atoms with Crippen molar-refractivity contribution in [2.24, 2.45) is 0 Å². The average Bonchev–Trinajstić information content (AvgIpc) is 2.84. The second-order valence-corrected chi connectivity index (χ2v) is 4.73. The fourth-order valence-electron chi connectivity index (χ4n) is 2.23. The van der Waals surface area contributed by atoms with Crippen molar-refractivity contribution in [1.29, 1.82) is 0 Å². The van der Waals surface area contributed by atoms with Crippen LogP contribution in [-0.2, 0) is 6.54 Å². The van der Waals surface area contributed by atoms with Crippen molar-refractivity contribution < 1.29 is 15.3 Å². The van der Waals surface area contributed by atoms with E-state index < -0.39 is 6.10 Å². The van der Waals surface area contributed by atoms with Gasteiger partial charge >= 0.3 is 0 Å². The number of hydrogen-bond acceptors (Lipinski definition) is 8. The van der Waals surface area contributed by atoms with Crippen LogP contribution in [0.25, 0.3) is 11.2 Å². The van der Waals surface area contributed by atoms with E-state index in [2.05, 4.69) is 15.0 Å². The smallest absolute Gasteiger partial charge is 0.182 e. The maximum Gasteiger partial charge on any atom is 0.182 e. The summed E-state index contributed by atoms with van der Waals surface area (Å²) < 4.78 is 1.70. The number of nitrogen functional groups attached to an aromatic ring is 1. The molecular formula is C12H20N6O3. The van der Waals surface area contributed by atoms with E-state index in [-0.39, 0.29) is 19.8 Å². The van der Waals surface area contributed by atoms with Crippen molar-refractivity contribution in [3.05, 3.63) is 12.7 Å². The lowest BCUT2D eigenvalue weighted by molar-refractivity contribution is 0.0780. The summed E-state index contributed by atoms with van der Waals surface area (Å²) in [6.45, 7) is 1.35. The highest BCUT2D eigenvalue weighted by Gasteiger charge is 2.15. The van der Waals surface area contributed by atoms with Gasteiger partial charge in [-0.2, -0.15) is 0 Å². The van der Waals surface area contributed by atoms with Crippen molar-refractivity contribution in [3.8, 4) is 0 Å². The van der Waals surface area contributed by atoms with Crippen molar-refractivity contribution in [1.82, 2.24) is 24.4 Å². The third-order valence-corrected chi connectivity index (χ3v) is 3.15. The summed E-state index contributed by atoms with van der Waals surface area (Å²) in [4.78, 5) is 13.8. The van der Waals surface area contributed by atoms with Gasteiger partial charge < -0.3 is 25.6 Å². The van der Waals surface area contributed by atoms with Crippen molar-refractivity contribution in [3.63, 3.8) is 0 Å². The van der Waals surface area contributed by atoms with Crippen molar-refractivity contribution in [2.75, 3.05) is 38.6 Å². The summed E-state index contributed by atoms with van der Waals surface area (Å²) in [7, 11) is 0. The van der Waals surface area contributed by atoms with E-state index in [1.807, 2.05) is 0 Å². The molecule has 0 aliphatic heterocycles. The Morgan fingerprint density at radius 1 is 1.19 bits per heavy atom. The number of hydrogen-bond donors (Lipinski definition) is 4. The normalized spacial score (nSPS) is 13.1.